The minimum absolute atomic E-state index is 0.0524. The molecule has 2 aliphatic rings. The van der Waals surface area contributed by atoms with Crippen molar-refractivity contribution >= 4 is 28.5 Å². The molecule has 1 aromatic carbocycles. The van der Waals surface area contributed by atoms with Crippen LogP contribution >= 0.6 is 11.6 Å². The minimum Gasteiger partial charge on any atom is -0.486 e. The van der Waals surface area contributed by atoms with E-state index >= 15 is 0 Å². The second kappa shape index (κ2) is 7.18. The second-order valence-corrected chi connectivity index (χ2v) is 6.80. The predicted molar refractivity (Wildman–Crippen MR) is 103 cm³/mol. The molecule has 0 radical (unpaired) electrons. The summed E-state index contributed by atoms with van der Waals surface area (Å²) < 4.78 is 21.5. The highest BCUT2D eigenvalue weighted by molar-refractivity contribution is 6.30. The van der Waals surface area contributed by atoms with Crippen LogP contribution in [0.5, 0.6) is 11.5 Å². The number of nitrogens with zero attached hydrogens (tertiary/aromatic N) is 2. The van der Waals surface area contributed by atoms with Crippen LogP contribution in [0.1, 0.15) is 18.4 Å². The molecule has 0 bridgehead atoms. The Hall–Kier alpha value is -3.44. The number of benzene rings is 1. The number of hydrogen-bond acceptors (Lipinski definition) is 8. The number of aromatic nitrogens is 1. The number of rotatable bonds is 2. The van der Waals surface area contributed by atoms with Crippen LogP contribution in [0.4, 0.5) is 0 Å². The quantitative estimate of drug-likeness (QED) is 0.590. The smallest absolute Gasteiger partial charge is 0.338 e. The molecule has 4 rings (SSSR count). The molecule has 9 heteroatoms. The number of halogens is 1. The highest BCUT2D eigenvalue weighted by Gasteiger charge is 2.37. The lowest BCUT2D eigenvalue weighted by molar-refractivity contribution is -0.136. The normalized spacial score (nSPS) is 18.3. The van der Waals surface area contributed by atoms with E-state index in [-0.39, 0.29) is 27.9 Å². The number of allylic oxidation sites excluding steroid dienone is 2. The van der Waals surface area contributed by atoms with E-state index in [1.807, 2.05) is 6.07 Å². The number of methoxy groups -OCH3 is 1. The lowest BCUT2D eigenvalue weighted by Gasteiger charge is -2.27. The van der Waals surface area contributed by atoms with Gasteiger partial charge in [-0.05, 0) is 19.1 Å². The van der Waals surface area contributed by atoms with Gasteiger partial charge in [-0.1, -0.05) is 11.6 Å². The molecule has 0 saturated heterocycles. The van der Waals surface area contributed by atoms with Gasteiger partial charge in [-0.15, -0.1) is 0 Å². The van der Waals surface area contributed by atoms with Crippen LogP contribution in [0, 0.1) is 11.3 Å². The van der Waals surface area contributed by atoms with Crippen molar-refractivity contribution in [2.24, 2.45) is 5.73 Å². The molecular weight excluding hydrogens is 398 g/mol. The van der Waals surface area contributed by atoms with Crippen LogP contribution in [0.25, 0.3) is 10.9 Å². The van der Waals surface area contributed by atoms with Gasteiger partial charge in [0.1, 0.15) is 35.8 Å². The summed E-state index contributed by atoms with van der Waals surface area (Å²) in [6.45, 7) is 2.47. The summed E-state index contributed by atoms with van der Waals surface area (Å²) in [5, 5.41) is 10.5. The molecule has 3 heterocycles. The van der Waals surface area contributed by atoms with E-state index < -0.39 is 11.9 Å². The number of hydrogen-bond donors (Lipinski definition) is 1. The van der Waals surface area contributed by atoms with Gasteiger partial charge in [-0.25, -0.2) is 9.78 Å². The highest BCUT2D eigenvalue weighted by Crippen LogP contribution is 2.43. The lowest BCUT2D eigenvalue weighted by atomic mass is 9.83. The molecule has 2 N–H and O–H groups in total. The van der Waals surface area contributed by atoms with Gasteiger partial charge in [0.25, 0.3) is 0 Å². The molecule has 29 heavy (non-hydrogen) atoms. The molecular formula is C20H16ClN3O5. The zero-order valence-corrected chi connectivity index (χ0v) is 16.4. The molecule has 0 saturated carbocycles. The first-order valence-corrected chi connectivity index (χ1v) is 9.08. The van der Waals surface area contributed by atoms with E-state index in [0.29, 0.717) is 41.2 Å². The summed E-state index contributed by atoms with van der Waals surface area (Å²) in [6, 6.07) is 7.28. The number of nitriles is 1. The topological polar surface area (TPSA) is 117 Å². The van der Waals surface area contributed by atoms with Gasteiger partial charge in [0, 0.05) is 17.0 Å². The Labute approximate surface area is 171 Å². The van der Waals surface area contributed by atoms with Gasteiger partial charge in [-0.2, -0.15) is 5.26 Å². The van der Waals surface area contributed by atoms with E-state index in [2.05, 4.69) is 4.98 Å². The third kappa shape index (κ3) is 3.09. The molecule has 1 atom stereocenters. The van der Waals surface area contributed by atoms with E-state index in [0.717, 1.165) is 0 Å². The summed E-state index contributed by atoms with van der Waals surface area (Å²) in [4.78, 5) is 16.9. The molecule has 2 aromatic rings. The number of nitrogens with two attached hydrogens (primary N) is 1. The molecule has 148 valence electrons. The maximum absolute atomic E-state index is 12.5. The number of ether oxygens (including phenoxy) is 4. The van der Waals surface area contributed by atoms with Gasteiger partial charge in [0.05, 0.1) is 24.1 Å². The Morgan fingerprint density at radius 3 is 2.66 bits per heavy atom. The molecule has 2 aliphatic heterocycles. The number of fused-ring (bicyclic) bond motifs is 2. The van der Waals surface area contributed by atoms with Crippen LogP contribution in [0.3, 0.4) is 0 Å². The van der Waals surface area contributed by atoms with E-state index in [1.54, 1.807) is 25.1 Å². The zero-order chi connectivity index (χ0) is 20.7. The van der Waals surface area contributed by atoms with Crippen molar-refractivity contribution in [3.63, 3.8) is 0 Å². The van der Waals surface area contributed by atoms with Gasteiger partial charge >= 0.3 is 5.97 Å². The van der Waals surface area contributed by atoms with E-state index in [9.17, 15) is 10.1 Å². The zero-order valence-electron chi connectivity index (χ0n) is 15.6. The fourth-order valence-electron chi connectivity index (χ4n) is 3.47. The van der Waals surface area contributed by atoms with Crippen LogP contribution in [-0.2, 0) is 14.3 Å². The SMILES string of the molecule is COC(=O)C1=C(C)OC(N)=C(C#N)[C@H]1c1cc2cc3c(cc2nc1Cl)OCCO3. The monoisotopic (exact) mass is 413 g/mol. The third-order valence-electron chi connectivity index (χ3n) is 4.78. The highest BCUT2D eigenvalue weighted by atomic mass is 35.5. The number of esters is 1. The van der Waals surface area contributed by atoms with Crippen LogP contribution in [0.2, 0.25) is 5.15 Å². The summed E-state index contributed by atoms with van der Waals surface area (Å²) in [5.41, 5.74) is 7.12. The average Bonchev–Trinajstić information content (AvgIpc) is 2.71. The van der Waals surface area contributed by atoms with Crippen molar-refractivity contribution in [1.29, 1.82) is 5.26 Å². The van der Waals surface area contributed by atoms with Crippen molar-refractivity contribution in [1.82, 2.24) is 4.98 Å². The van der Waals surface area contributed by atoms with Crippen molar-refractivity contribution in [3.05, 3.63) is 51.7 Å². The van der Waals surface area contributed by atoms with Crippen molar-refractivity contribution in [2.75, 3.05) is 20.3 Å². The summed E-state index contributed by atoms with van der Waals surface area (Å²) in [5.74, 6) is -0.220. The first kappa shape index (κ1) is 18.9. The Balaban J connectivity index is 1.94. The lowest BCUT2D eigenvalue weighted by Crippen LogP contribution is -2.25. The minimum atomic E-state index is -0.876. The Morgan fingerprint density at radius 1 is 1.31 bits per heavy atom. The number of carbonyl (C=O) groups excluding carboxylic acids is 1. The van der Waals surface area contributed by atoms with Crippen LogP contribution < -0.4 is 15.2 Å². The largest absolute Gasteiger partial charge is 0.486 e. The molecule has 0 fully saturated rings. The Kier molecular flexibility index (Phi) is 4.68. The second-order valence-electron chi connectivity index (χ2n) is 6.44. The van der Waals surface area contributed by atoms with Crippen molar-refractivity contribution in [2.45, 2.75) is 12.8 Å². The molecule has 0 amide bonds. The maximum Gasteiger partial charge on any atom is 0.338 e. The molecule has 8 nitrogen and oxygen atoms in total. The molecule has 0 spiro atoms. The Morgan fingerprint density at radius 2 is 2.00 bits per heavy atom. The summed E-state index contributed by atoms with van der Waals surface area (Å²) >= 11 is 6.48. The standard InChI is InChI=1S/C20H16ClN3O5/c1-9-16(20(25)26-2)17(12(8-22)19(23)29-9)11-5-10-6-14-15(28-4-3-27-14)7-13(10)24-18(11)21/h5-7,17H,3-4,23H2,1-2H3/t17-/m1/s1. The van der Waals surface area contributed by atoms with Gasteiger partial charge in [0.2, 0.25) is 5.88 Å². The summed E-state index contributed by atoms with van der Waals surface area (Å²) in [6.07, 6.45) is 0. The summed E-state index contributed by atoms with van der Waals surface area (Å²) in [7, 11) is 1.25. The Bertz CT molecular complexity index is 1150. The molecule has 0 aliphatic carbocycles. The van der Waals surface area contributed by atoms with Crippen LogP contribution in [-0.4, -0.2) is 31.3 Å². The fourth-order valence-corrected chi connectivity index (χ4v) is 3.73. The molecule has 1 aromatic heterocycles. The van der Waals surface area contributed by atoms with Crippen molar-refractivity contribution < 1.29 is 23.7 Å². The number of pyridine rings is 1. The first-order chi connectivity index (χ1) is 13.9. The van der Waals surface area contributed by atoms with Gasteiger partial charge in [-0.3, -0.25) is 0 Å². The van der Waals surface area contributed by atoms with E-state index in [4.69, 9.17) is 36.3 Å². The van der Waals surface area contributed by atoms with Crippen molar-refractivity contribution in [3.8, 4) is 17.6 Å². The molecule has 0 unspecified atom stereocenters. The van der Waals surface area contributed by atoms with Gasteiger partial charge in [0.15, 0.2) is 11.5 Å². The predicted octanol–water partition coefficient (Wildman–Crippen LogP) is 2.91. The maximum atomic E-state index is 12.5. The number of carbonyl (C=O) groups is 1. The first-order valence-electron chi connectivity index (χ1n) is 8.71. The fraction of sp³-hybridized carbons (Fsp3) is 0.250. The average molecular weight is 414 g/mol. The van der Waals surface area contributed by atoms with E-state index in [1.165, 1.54) is 7.11 Å². The van der Waals surface area contributed by atoms with Gasteiger partial charge < -0.3 is 24.7 Å². The van der Waals surface area contributed by atoms with Crippen LogP contribution in [0.15, 0.2) is 41.0 Å². The third-order valence-corrected chi connectivity index (χ3v) is 5.08.